The molecule has 1 N–H and O–H groups in total. The number of ketones is 1. The van der Waals surface area contributed by atoms with E-state index in [-0.39, 0.29) is 11.5 Å². The molecule has 2 aliphatic heterocycles. The number of hydrogen-bond acceptors (Lipinski definition) is 3. The molecule has 3 nitrogen and oxygen atoms in total. The Morgan fingerprint density at radius 1 is 1.16 bits per heavy atom. The van der Waals surface area contributed by atoms with Crippen molar-refractivity contribution >= 4 is 23.0 Å². The summed E-state index contributed by atoms with van der Waals surface area (Å²) >= 11 is 5.95. The maximum Gasteiger partial charge on any atom is 0.195 e. The maximum absolute atomic E-state index is 12.7. The van der Waals surface area contributed by atoms with Crippen LogP contribution in [-0.4, -0.2) is 22.6 Å². The molecule has 0 unspecified atom stereocenters. The molecule has 2 aromatic rings. The van der Waals surface area contributed by atoms with Crippen molar-refractivity contribution in [3.05, 3.63) is 64.4 Å². The molecule has 2 aromatic carbocycles. The van der Waals surface area contributed by atoms with E-state index in [9.17, 15) is 9.90 Å². The van der Waals surface area contributed by atoms with Crippen LogP contribution in [-0.2, 0) is 9.53 Å². The lowest BCUT2D eigenvalue weighted by molar-refractivity contribution is -0.130. The smallest absolute Gasteiger partial charge is 0.195 e. The van der Waals surface area contributed by atoms with Gasteiger partial charge >= 0.3 is 0 Å². The van der Waals surface area contributed by atoms with Crippen LogP contribution in [0.25, 0.3) is 16.7 Å². The van der Waals surface area contributed by atoms with Crippen LogP contribution in [0.1, 0.15) is 30.9 Å². The minimum absolute atomic E-state index is 0.0635. The molecule has 25 heavy (non-hydrogen) atoms. The minimum atomic E-state index is -0.741. The van der Waals surface area contributed by atoms with Gasteiger partial charge in [0.05, 0.1) is 5.57 Å². The lowest BCUT2D eigenvalue weighted by atomic mass is 9.88. The van der Waals surface area contributed by atoms with Crippen LogP contribution in [0.4, 0.5) is 0 Å². The van der Waals surface area contributed by atoms with E-state index >= 15 is 0 Å². The summed E-state index contributed by atoms with van der Waals surface area (Å²) in [5, 5.41) is 11.4. The Kier molecular flexibility index (Phi) is 3.75. The molecule has 2 heterocycles. The second kappa shape index (κ2) is 5.72. The average molecular weight is 355 g/mol. The first-order chi connectivity index (χ1) is 11.9. The zero-order valence-corrected chi connectivity index (χ0v) is 14.9. The van der Waals surface area contributed by atoms with Gasteiger partial charge in [-0.2, -0.15) is 0 Å². The molecular weight excluding hydrogens is 336 g/mol. The summed E-state index contributed by atoms with van der Waals surface area (Å²) in [7, 11) is 0. The number of rotatable bonds is 2. The third-order valence-corrected chi connectivity index (χ3v) is 5.49. The molecule has 0 spiro atoms. The standard InChI is InChI=1S/C21H19ClO3/c1-12-11-14(13-3-6-15(22)7-4-13)5-8-16(12)18-19(23)17-9-10-21(2,25-17)20(18)24/h3-8,11,17,24H,9-10H2,1-2H3/t17-,21+/m0/s1. The number of aryl methyl sites for hydroxylation is 1. The second-order valence-electron chi connectivity index (χ2n) is 7.00. The third-order valence-electron chi connectivity index (χ3n) is 5.24. The number of benzene rings is 2. The molecule has 2 atom stereocenters. The first-order valence-corrected chi connectivity index (χ1v) is 8.79. The van der Waals surface area contributed by atoms with Crippen molar-refractivity contribution in [3.63, 3.8) is 0 Å². The topological polar surface area (TPSA) is 46.5 Å². The summed E-state index contributed by atoms with van der Waals surface area (Å²) in [5.74, 6) is -0.0524. The average Bonchev–Trinajstić information content (AvgIpc) is 2.97. The Bertz CT molecular complexity index is 898. The molecule has 0 amide bonds. The summed E-state index contributed by atoms with van der Waals surface area (Å²) in [6.07, 6.45) is 0.886. The molecule has 0 aliphatic carbocycles. The Balaban J connectivity index is 1.79. The van der Waals surface area contributed by atoms with E-state index < -0.39 is 11.7 Å². The molecule has 4 heteroatoms. The lowest BCUT2D eigenvalue weighted by Crippen LogP contribution is -2.37. The number of fused-ring (bicyclic) bond motifs is 2. The number of halogens is 1. The number of aliphatic hydroxyl groups is 1. The summed E-state index contributed by atoms with van der Waals surface area (Å²) < 4.78 is 5.74. The summed E-state index contributed by atoms with van der Waals surface area (Å²) in [6, 6.07) is 13.6. The normalized spacial score (nSPS) is 25.6. The quantitative estimate of drug-likeness (QED) is 0.815. The van der Waals surface area contributed by atoms with Gasteiger partial charge in [0, 0.05) is 5.02 Å². The van der Waals surface area contributed by atoms with Gasteiger partial charge < -0.3 is 9.84 Å². The number of carbonyl (C=O) groups is 1. The highest BCUT2D eigenvalue weighted by molar-refractivity contribution is 6.30. The van der Waals surface area contributed by atoms with E-state index in [0.717, 1.165) is 22.3 Å². The minimum Gasteiger partial charge on any atom is -0.508 e. The van der Waals surface area contributed by atoms with E-state index in [1.807, 2.05) is 56.3 Å². The maximum atomic E-state index is 12.7. The van der Waals surface area contributed by atoms with Crippen LogP contribution in [0.15, 0.2) is 48.2 Å². The van der Waals surface area contributed by atoms with Crippen molar-refractivity contribution in [1.29, 1.82) is 0 Å². The molecule has 0 saturated carbocycles. The van der Waals surface area contributed by atoms with Crippen LogP contribution < -0.4 is 0 Å². The summed E-state index contributed by atoms with van der Waals surface area (Å²) in [6.45, 7) is 3.81. The largest absolute Gasteiger partial charge is 0.508 e. The van der Waals surface area contributed by atoms with Crippen LogP contribution in [0, 0.1) is 6.92 Å². The van der Waals surface area contributed by atoms with E-state index in [1.54, 1.807) is 0 Å². The second-order valence-corrected chi connectivity index (χ2v) is 7.44. The van der Waals surface area contributed by atoms with Crippen molar-refractivity contribution in [2.75, 3.05) is 0 Å². The first-order valence-electron chi connectivity index (χ1n) is 8.42. The molecule has 0 aromatic heterocycles. The Morgan fingerprint density at radius 3 is 2.52 bits per heavy atom. The number of ether oxygens (including phenoxy) is 1. The summed E-state index contributed by atoms with van der Waals surface area (Å²) in [5.41, 5.74) is 3.51. The van der Waals surface area contributed by atoms with E-state index in [2.05, 4.69) is 0 Å². The van der Waals surface area contributed by atoms with Crippen LogP contribution in [0.2, 0.25) is 5.02 Å². The van der Waals surface area contributed by atoms with Gasteiger partial charge in [-0.1, -0.05) is 41.9 Å². The van der Waals surface area contributed by atoms with Crippen molar-refractivity contribution in [2.45, 2.75) is 38.4 Å². The van der Waals surface area contributed by atoms with Gasteiger partial charge in [-0.25, -0.2) is 0 Å². The van der Waals surface area contributed by atoms with E-state index in [0.29, 0.717) is 23.4 Å². The third kappa shape index (κ3) is 2.59. The highest BCUT2D eigenvalue weighted by Crippen LogP contribution is 2.45. The Morgan fingerprint density at radius 2 is 1.84 bits per heavy atom. The molecule has 128 valence electrons. The van der Waals surface area contributed by atoms with Gasteiger partial charge in [0.25, 0.3) is 0 Å². The van der Waals surface area contributed by atoms with Crippen LogP contribution in [0.3, 0.4) is 0 Å². The Labute approximate surface area is 151 Å². The molecule has 4 rings (SSSR count). The number of hydrogen-bond donors (Lipinski definition) is 1. The van der Waals surface area contributed by atoms with E-state index in [4.69, 9.17) is 16.3 Å². The van der Waals surface area contributed by atoms with E-state index in [1.165, 1.54) is 0 Å². The zero-order chi connectivity index (χ0) is 17.8. The van der Waals surface area contributed by atoms with Crippen LogP contribution >= 0.6 is 11.6 Å². The molecular formula is C21H19ClO3. The monoisotopic (exact) mass is 354 g/mol. The van der Waals surface area contributed by atoms with Crippen molar-refractivity contribution in [3.8, 4) is 11.1 Å². The van der Waals surface area contributed by atoms with Crippen LogP contribution in [0.5, 0.6) is 0 Å². The molecule has 0 radical (unpaired) electrons. The van der Waals surface area contributed by atoms with Crippen molar-refractivity contribution in [2.24, 2.45) is 0 Å². The van der Waals surface area contributed by atoms with Crippen molar-refractivity contribution in [1.82, 2.24) is 0 Å². The summed E-state index contributed by atoms with van der Waals surface area (Å²) in [4.78, 5) is 12.7. The Hall–Kier alpha value is -2.10. The number of Topliss-reactive ketones (excluding diaryl/α,β-unsaturated/α-hetero) is 1. The number of aliphatic hydroxyl groups excluding tert-OH is 1. The predicted molar refractivity (Wildman–Crippen MR) is 98.7 cm³/mol. The fraction of sp³-hybridized carbons (Fsp3) is 0.286. The number of carbonyl (C=O) groups excluding carboxylic acids is 1. The first kappa shape index (κ1) is 16.4. The SMILES string of the molecule is Cc1cc(-c2ccc(Cl)cc2)ccc1C1=C(O)[C@@]2(C)CC[C@H](O2)C1=O. The van der Waals surface area contributed by atoms with Gasteiger partial charge in [0.1, 0.15) is 17.5 Å². The highest BCUT2D eigenvalue weighted by atomic mass is 35.5. The van der Waals surface area contributed by atoms with Crippen molar-refractivity contribution < 1.29 is 14.6 Å². The molecule has 2 bridgehead atoms. The zero-order valence-electron chi connectivity index (χ0n) is 14.2. The highest BCUT2D eigenvalue weighted by Gasteiger charge is 2.50. The van der Waals surface area contributed by atoms with Gasteiger partial charge in [-0.3, -0.25) is 4.79 Å². The molecule has 2 aliphatic rings. The molecule has 1 fully saturated rings. The predicted octanol–water partition coefficient (Wildman–Crippen LogP) is 5.10. The molecule has 1 saturated heterocycles. The van der Waals surface area contributed by atoms with Gasteiger partial charge in [-0.05, 0) is 61.1 Å². The fourth-order valence-corrected chi connectivity index (χ4v) is 3.89. The fourth-order valence-electron chi connectivity index (χ4n) is 3.77. The van der Waals surface area contributed by atoms with Gasteiger partial charge in [0.15, 0.2) is 5.78 Å². The van der Waals surface area contributed by atoms with Gasteiger partial charge in [0.2, 0.25) is 0 Å². The lowest BCUT2D eigenvalue weighted by Gasteiger charge is -2.31. The van der Waals surface area contributed by atoms with Gasteiger partial charge in [-0.15, -0.1) is 0 Å².